The molecule has 2 aliphatic rings. The average Bonchev–Trinajstić information content (AvgIpc) is 3.00. The van der Waals surface area contributed by atoms with Crippen molar-refractivity contribution in [2.24, 2.45) is 5.92 Å². The monoisotopic (exact) mass is 274 g/mol. The van der Waals surface area contributed by atoms with E-state index in [1.54, 1.807) is 0 Å². The Morgan fingerprint density at radius 3 is 2.61 bits per heavy atom. The van der Waals surface area contributed by atoms with E-state index < -0.39 is 0 Å². The highest BCUT2D eigenvalue weighted by Crippen LogP contribution is 2.27. The van der Waals surface area contributed by atoms with Crippen LogP contribution in [-0.4, -0.2) is 24.5 Å². The van der Waals surface area contributed by atoms with E-state index >= 15 is 0 Å². The van der Waals surface area contributed by atoms with Crippen molar-refractivity contribution >= 4 is 18.3 Å². The summed E-state index contributed by atoms with van der Waals surface area (Å²) in [5.74, 6) is 1.10. The van der Waals surface area contributed by atoms with E-state index in [0.717, 1.165) is 38.3 Å². The molecule has 106 valence electrons. The maximum absolute atomic E-state index is 12.2. The molecule has 0 aromatic rings. The molecule has 3 nitrogen and oxygen atoms in total. The number of nitrogens with one attached hydrogen (secondary N) is 2. The van der Waals surface area contributed by atoms with Crippen molar-refractivity contribution in [2.45, 2.75) is 63.8 Å². The summed E-state index contributed by atoms with van der Waals surface area (Å²) in [4.78, 5) is 12.2. The highest BCUT2D eigenvalue weighted by Gasteiger charge is 2.38. The van der Waals surface area contributed by atoms with Crippen molar-refractivity contribution in [1.29, 1.82) is 0 Å². The van der Waals surface area contributed by atoms with Crippen LogP contribution in [0.5, 0.6) is 0 Å². The zero-order valence-electron chi connectivity index (χ0n) is 11.5. The fourth-order valence-electron chi connectivity index (χ4n) is 3.32. The Morgan fingerprint density at radius 1 is 1.33 bits per heavy atom. The second-order valence-corrected chi connectivity index (χ2v) is 5.66. The summed E-state index contributed by atoms with van der Waals surface area (Å²) in [6, 6.07) is 0. The van der Waals surface area contributed by atoms with Crippen LogP contribution in [0.1, 0.15) is 58.3 Å². The van der Waals surface area contributed by atoms with Crippen LogP contribution < -0.4 is 10.6 Å². The van der Waals surface area contributed by atoms with E-state index in [-0.39, 0.29) is 23.9 Å². The molecule has 1 saturated carbocycles. The van der Waals surface area contributed by atoms with Crippen molar-refractivity contribution in [3.63, 3.8) is 0 Å². The topological polar surface area (TPSA) is 41.1 Å². The van der Waals surface area contributed by atoms with Gasteiger partial charge in [-0.2, -0.15) is 0 Å². The zero-order chi connectivity index (χ0) is 12.1. The second kappa shape index (κ2) is 7.34. The molecule has 1 aliphatic carbocycles. The van der Waals surface area contributed by atoms with E-state index in [1.807, 2.05) is 0 Å². The van der Waals surface area contributed by atoms with Crippen molar-refractivity contribution in [3.8, 4) is 0 Å². The molecule has 1 heterocycles. The fraction of sp³-hybridized carbons (Fsp3) is 0.929. The minimum Gasteiger partial charge on any atom is -0.354 e. The van der Waals surface area contributed by atoms with Gasteiger partial charge >= 0.3 is 0 Å². The number of amides is 1. The largest absolute Gasteiger partial charge is 0.354 e. The summed E-state index contributed by atoms with van der Waals surface area (Å²) in [6.45, 7) is 3.96. The molecule has 2 N–H and O–H groups in total. The predicted octanol–water partition coefficient (Wildman–Crippen LogP) is 2.64. The van der Waals surface area contributed by atoms with Crippen molar-refractivity contribution in [2.75, 3.05) is 13.1 Å². The smallest absolute Gasteiger partial charge is 0.240 e. The van der Waals surface area contributed by atoms with Gasteiger partial charge in [0.15, 0.2) is 0 Å². The van der Waals surface area contributed by atoms with Crippen LogP contribution in [0.3, 0.4) is 0 Å². The van der Waals surface area contributed by atoms with Crippen LogP contribution in [0.25, 0.3) is 0 Å². The van der Waals surface area contributed by atoms with Gasteiger partial charge in [0.1, 0.15) is 0 Å². The maximum Gasteiger partial charge on any atom is 0.240 e. The minimum atomic E-state index is -0.254. The molecule has 0 radical (unpaired) electrons. The first-order valence-electron chi connectivity index (χ1n) is 7.30. The Labute approximate surface area is 117 Å². The van der Waals surface area contributed by atoms with E-state index in [9.17, 15) is 4.79 Å². The summed E-state index contributed by atoms with van der Waals surface area (Å²) >= 11 is 0. The molecule has 1 saturated heterocycles. The lowest BCUT2D eigenvalue weighted by Crippen LogP contribution is -2.53. The van der Waals surface area contributed by atoms with E-state index in [1.165, 1.54) is 32.1 Å². The molecule has 2 fully saturated rings. The molecular formula is C14H27ClN2O. The van der Waals surface area contributed by atoms with E-state index in [2.05, 4.69) is 17.6 Å². The van der Waals surface area contributed by atoms with Crippen LogP contribution in [0.15, 0.2) is 0 Å². The molecule has 1 aliphatic heterocycles. The Kier molecular flexibility index (Phi) is 6.44. The number of rotatable bonds is 5. The lowest BCUT2D eigenvalue weighted by molar-refractivity contribution is -0.127. The predicted molar refractivity (Wildman–Crippen MR) is 77.1 cm³/mol. The number of carbonyl (C=O) groups excluding carboxylic acids is 1. The first kappa shape index (κ1) is 15.8. The Balaban J connectivity index is 0.00000162. The minimum absolute atomic E-state index is 0. The van der Waals surface area contributed by atoms with Gasteiger partial charge in [-0.1, -0.05) is 32.6 Å². The van der Waals surface area contributed by atoms with Crippen LogP contribution in [0.4, 0.5) is 0 Å². The summed E-state index contributed by atoms with van der Waals surface area (Å²) in [5, 5.41) is 6.53. The van der Waals surface area contributed by atoms with Gasteiger partial charge in [0, 0.05) is 6.54 Å². The van der Waals surface area contributed by atoms with E-state index in [4.69, 9.17) is 0 Å². The van der Waals surface area contributed by atoms with Crippen molar-refractivity contribution in [1.82, 2.24) is 10.6 Å². The van der Waals surface area contributed by atoms with E-state index in [0.29, 0.717) is 0 Å². The Hall–Kier alpha value is -0.280. The Morgan fingerprint density at radius 2 is 2.06 bits per heavy atom. The summed E-state index contributed by atoms with van der Waals surface area (Å²) in [5.41, 5.74) is -0.254. The molecular weight excluding hydrogens is 248 g/mol. The van der Waals surface area contributed by atoms with Gasteiger partial charge in [-0.05, 0) is 38.1 Å². The highest BCUT2D eigenvalue weighted by molar-refractivity contribution is 5.86. The first-order chi connectivity index (χ1) is 8.27. The third-order valence-electron chi connectivity index (χ3n) is 4.59. The van der Waals surface area contributed by atoms with Gasteiger partial charge in [0.25, 0.3) is 0 Å². The number of hydrogen-bond donors (Lipinski definition) is 2. The van der Waals surface area contributed by atoms with Gasteiger partial charge < -0.3 is 10.6 Å². The average molecular weight is 275 g/mol. The molecule has 0 bridgehead atoms. The molecule has 0 aromatic carbocycles. The fourth-order valence-corrected chi connectivity index (χ4v) is 3.32. The molecule has 1 unspecified atom stereocenters. The molecule has 1 amide bonds. The van der Waals surface area contributed by atoms with Crippen LogP contribution in [0.2, 0.25) is 0 Å². The quantitative estimate of drug-likeness (QED) is 0.809. The summed E-state index contributed by atoms with van der Waals surface area (Å²) in [6.07, 6.45) is 9.72. The summed E-state index contributed by atoms with van der Waals surface area (Å²) in [7, 11) is 0. The van der Waals surface area contributed by atoms with Gasteiger partial charge in [-0.15, -0.1) is 12.4 Å². The number of carbonyl (C=O) groups is 1. The standard InChI is InChI=1S/C14H26N2O.ClH/c1-2-14(9-5-10-16-14)13(17)15-11-8-12-6-3-4-7-12;/h12,16H,2-11H2,1H3,(H,15,17);1H. The molecule has 4 heteroatoms. The normalized spacial score (nSPS) is 28.1. The number of halogens is 1. The van der Waals surface area contributed by atoms with Crippen LogP contribution >= 0.6 is 12.4 Å². The molecule has 2 rings (SSSR count). The molecule has 1 atom stereocenters. The first-order valence-corrected chi connectivity index (χ1v) is 7.30. The van der Waals surface area contributed by atoms with Gasteiger partial charge in [0.05, 0.1) is 5.54 Å². The van der Waals surface area contributed by atoms with Gasteiger partial charge in [0.2, 0.25) is 5.91 Å². The maximum atomic E-state index is 12.2. The third kappa shape index (κ3) is 3.61. The molecule has 18 heavy (non-hydrogen) atoms. The van der Waals surface area contributed by atoms with Crippen LogP contribution in [-0.2, 0) is 4.79 Å². The lowest BCUT2D eigenvalue weighted by Gasteiger charge is -2.27. The van der Waals surface area contributed by atoms with Gasteiger partial charge in [-0.3, -0.25) is 4.79 Å². The summed E-state index contributed by atoms with van der Waals surface area (Å²) < 4.78 is 0. The lowest BCUT2D eigenvalue weighted by atomic mass is 9.93. The Bertz CT molecular complexity index is 259. The van der Waals surface area contributed by atoms with Gasteiger partial charge in [-0.25, -0.2) is 0 Å². The molecule has 0 spiro atoms. The molecule has 0 aromatic heterocycles. The zero-order valence-corrected chi connectivity index (χ0v) is 12.3. The highest BCUT2D eigenvalue weighted by atomic mass is 35.5. The van der Waals surface area contributed by atoms with Crippen LogP contribution in [0, 0.1) is 5.92 Å². The SMILES string of the molecule is CCC1(C(=O)NCCC2CCCC2)CCCN1.Cl. The van der Waals surface area contributed by atoms with Crippen molar-refractivity contribution in [3.05, 3.63) is 0 Å². The van der Waals surface area contributed by atoms with Crippen molar-refractivity contribution < 1.29 is 4.79 Å². The number of hydrogen-bond acceptors (Lipinski definition) is 2. The second-order valence-electron chi connectivity index (χ2n) is 5.66. The third-order valence-corrected chi connectivity index (χ3v) is 4.59.